The monoisotopic (exact) mass is 330 g/mol. The van der Waals surface area contributed by atoms with E-state index >= 15 is 0 Å². The molecular formula is C18H39As. The van der Waals surface area contributed by atoms with Crippen molar-refractivity contribution in [2.24, 2.45) is 0 Å². The van der Waals surface area contributed by atoms with Gasteiger partial charge in [0.15, 0.2) is 0 Å². The number of rotatable bonds is 15. The average Bonchev–Trinajstić information content (AvgIpc) is 2.43. The Bertz CT molecular complexity index is 127. The molecule has 0 spiro atoms. The SMILES string of the molecule is CCCCCC[As](CCCCCC)CCCCCC. The second kappa shape index (κ2) is 16.6. The minimum atomic E-state index is -0.432. The standard InChI is InChI=1S/C18H39As/c1-4-7-10-13-16-19(17-14-11-8-5-2)18-15-12-9-6-3/h4-18H2,1-3H3. The summed E-state index contributed by atoms with van der Waals surface area (Å²) in [6, 6.07) is 0. The molecule has 0 aromatic rings. The van der Waals surface area contributed by atoms with Crippen LogP contribution >= 0.6 is 0 Å². The number of hydrogen-bond donors (Lipinski definition) is 0. The molecule has 0 rings (SSSR count). The number of unbranched alkanes of at least 4 members (excludes halogenated alkanes) is 9. The Morgan fingerprint density at radius 2 is 0.737 bits per heavy atom. The molecular weight excluding hydrogens is 291 g/mol. The molecule has 0 nitrogen and oxygen atoms in total. The summed E-state index contributed by atoms with van der Waals surface area (Å²) in [6.07, 6.45) is 17.7. The van der Waals surface area contributed by atoms with Gasteiger partial charge in [0, 0.05) is 0 Å². The van der Waals surface area contributed by atoms with Crippen molar-refractivity contribution in [2.45, 2.75) is 113 Å². The van der Waals surface area contributed by atoms with Crippen LogP contribution < -0.4 is 0 Å². The van der Waals surface area contributed by atoms with Crippen molar-refractivity contribution in [2.75, 3.05) is 0 Å². The summed E-state index contributed by atoms with van der Waals surface area (Å²) in [5.41, 5.74) is 0. The first kappa shape index (κ1) is 19.6. The van der Waals surface area contributed by atoms with Crippen LogP contribution in [0.5, 0.6) is 0 Å². The molecule has 0 aromatic heterocycles. The molecule has 0 saturated heterocycles. The zero-order valence-electron chi connectivity index (χ0n) is 14.1. The molecule has 0 aromatic carbocycles. The van der Waals surface area contributed by atoms with E-state index in [2.05, 4.69) is 20.8 Å². The van der Waals surface area contributed by atoms with Crippen molar-refractivity contribution < 1.29 is 0 Å². The van der Waals surface area contributed by atoms with Crippen LogP contribution in [0, 0.1) is 0 Å². The van der Waals surface area contributed by atoms with Crippen LogP contribution in [-0.4, -0.2) is 14.7 Å². The summed E-state index contributed by atoms with van der Waals surface area (Å²) in [5, 5.41) is 4.97. The summed E-state index contributed by atoms with van der Waals surface area (Å²) in [7, 11) is 0. The molecule has 0 amide bonds. The molecule has 0 radical (unpaired) electrons. The zero-order chi connectivity index (χ0) is 14.2. The molecule has 0 heterocycles. The quantitative estimate of drug-likeness (QED) is 0.219. The predicted molar refractivity (Wildman–Crippen MR) is 92.6 cm³/mol. The Balaban J connectivity index is 3.66. The minimum absolute atomic E-state index is 0.432. The first-order chi connectivity index (χ1) is 9.35. The van der Waals surface area contributed by atoms with Gasteiger partial charge in [-0.1, -0.05) is 0 Å². The molecule has 0 fully saturated rings. The third kappa shape index (κ3) is 14.8. The first-order valence-electron chi connectivity index (χ1n) is 9.07. The van der Waals surface area contributed by atoms with E-state index in [9.17, 15) is 0 Å². The average molecular weight is 330 g/mol. The summed E-state index contributed by atoms with van der Waals surface area (Å²) >= 11 is -0.432. The summed E-state index contributed by atoms with van der Waals surface area (Å²) < 4.78 is 0. The van der Waals surface area contributed by atoms with Gasteiger partial charge in [0.05, 0.1) is 0 Å². The van der Waals surface area contributed by atoms with E-state index in [1.54, 1.807) is 34.9 Å². The maximum absolute atomic E-state index is 2.32. The normalized spacial score (nSPS) is 11.4. The van der Waals surface area contributed by atoms with Gasteiger partial charge in [-0.3, -0.25) is 0 Å². The maximum atomic E-state index is 2.32. The van der Waals surface area contributed by atoms with Crippen molar-refractivity contribution in [3.05, 3.63) is 0 Å². The Labute approximate surface area is 128 Å². The van der Waals surface area contributed by atoms with Crippen molar-refractivity contribution >= 4 is 14.7 Å². The van der Waals surface area contributed by atoms with E-state index in [1.165, 1.54) is 57.8 Å². The van der Waals surface area contributed by atoms with Crippen LogP contribution in [0.2, 0.25) is 15.6 Å². The van der Waals surface area contributed by atoms with Crippen LogP contribution in [0.4, 0.5) is 0 Å². The van der Waals surface area contributed by atoms with Gasteiger partial charge in [-0.15, -0.1) is 0 Å². The van der Waals surface area contributed by atoms with Gasteiger partial charge in [0.25, 0.3) is 0 Å². The first-order valence-corrected chi connectivity index (χ1v) is 13.1. The van der Waals surface area contributed by atoms with E-state index in [4.69, 9.17) is 0 Å². The molecule has 0 N–H and O–H groups in total. The van der Waals surface area contributed by atoms with Gasteiger partial charge in [-0.25, -0.2) is 0 Å². The summed E-state index contributed by atoms with van der Waals surface area (Å²) in [5.74, 6) is 0. The van der Waals surface area contributed by atoms with Crippen LogP contribution in [-0.2, 0) is 0 Å². The van der Waals surface area contributed by atoms with Crippen molar-refractivity contribution in [1.82, 2.24) is 0 Å². The molecule has 0 aliphatic heterocycles. The fourth-order valence-electron chi connectivity index (χ4n) is 2.62. The summed E-state index contributed by atoms with van der Waals surface area (Å²) in [4.78, 5) is 0. The van der Waals surface area contributed by atoms with E-state index < -0.39 is 14.7 Å². The van der Waals surface area contributed by atoms with Crippen molar-refractivity contribution in [1.29, 1.82) is 0 Å². The fourth-order valence-corrected chi connectivity index (χ4v) is 8.25. The second-order valence-electron chi connectivity index (χ2n) is 6.02. The van der Waals surface area contributed by atoms with Gasteiger partial charge < -0.3 is 0 Å². The fraction of sp³-hybridized carbons (Fsp3) is 1.00. The Morgan fingerprint density at radius 3 is 1.00 bits per heavy atom. The van der Waals surface area contributed by atoms with Crippen LogP contribution in [0.1, 0.15) is 97.8 Å². The second-order valence-corrected chi connectivity index (χ2v) is 11.7. The van der Waals surface area contributed by atoms with E-state index in [0.717, 1.165) is 0 Å². The Kier molecular flexibility index (Phi) is 17.1. The van der Waals surface area contributed by atoms with Gasteiger partial charge >= 0.3 is 128 Å². The molecule has 0 saturated carbocycles. The molecule has 19 heavy (non-hydrogen) atoms. The molecule has 116 valence electrons. The Morgan fingerprint density at radius 1 is 0.421 bits per heavy atom. The van der Waals surface area contributed by atoms with Crippen LogP contribution in [0.15, 0.2) is 0 Å². The zero-order valence-corrected chi connectivity index (χ0v) is 15.9. The molecule has 0 atom stereocenters. The molecule has 1 heteroatoms. The van der Waals surface area contributed by atoms with Crippen molar-refractivity contribution in [3.63, 3.8) is 0 Å². The topological polar surface area (TPSA) is 0 Å². The molecule has 0 aliphatic rings. The third-order valence-corrected chi connectivity index (χ3v) is 9.95. The molecule has 0 bridgehead atoms. The summed E-state index contributed by atoms with van der Waals surface area (Å²) in [6.45, 7) is 6.97. The molecule has 0 unspecified atom stereocenters. The van der Waals surface area contributed by atoms with E-state index in [-0.39, 0.29) is 0 Å². The van der Waals surface area contributed by atoms with Crippen molar-refractivity contribution in [3.8, 4) is 0 Å². The Hall–Kier alpha value is 0.558. The van der Waals surface area contributed by atoms with Gasteiger partial charge in [0.2, 0.25) is 0 Å². The number of hydrogen-bond acceptors (Lipinski definition) is 0. The van der Waals surface area contributed by atoms with E-state index in [1.807, 2.05) is 0 Å². The molecule has 0 aliphatic carbocycles. The van der Waals surface area contributed by atoms with Gasteiger partial charge in [-0.05, 0) is 0 Å². The van der Waals surface area contributed by atoms with Crippen LogP contribution in [0.3, 0.4) is 0 Å². The van der Waals surface area contributed by atoms with E-state index in [0.29, 0.717) is 0 Å². The van der Waals surface area contributed by atoms with Crippen LogP contribution in [0.25, 0.3) is 0 Å². The predicted octanol–water partition coefficient (Wildman–Crippen LogP) is 7.22. The van der Waals surface area contributed by atoms with Gasteiger partial charge in [0.1, 0.15) is 0 Å². The van der Waals surface area contributed by atoms with Gasteiger partial charge in [-0.2, -0.15) is 0 Å². The third-order valence-electron chi connectivity index (χ3n) is 3.98.